The van der Waals surface area contributed by atoms with E-state index >= 15 is 0 Å². The Morgan fingerprint density at radius 1 is 1.52 bits per heavy atom. The zero-order chi connectivity index (χ0) is 14.9. The molecule has 0 aromatic carbocycles. The Kier molecular flexibility index (Phi) is 3.83. The van der Waals surface area contributed by atoms with E-state index in [1.54, 1.807) is 0 Å². The minimum absolute atomic E-state index is 0.201. The first-order chi connectivity index (χ1) is 10.1. The first-order valence-corrected chi connectivity index (χ1v) is 7.63. The van der Waals surface area contributed by atoms with Crippen LogP contribution in [-0.2, 0) is 17.6 Å². The third-order valence-corrected chi connectivity index (χ3v) is 4.64. The fourth-order valence-corrected chi connectivity index (χ4v) is 3.09. The topological polar surface area (TPSA) is 78.2 Å². The number of nitriles is 1. The van der Waals surface area contributed by atoms with Crippen LogP contribution in [0.4, 0.5) is 5.82 Å². The molecule has 1 fully saturated rings. The van der Waals surface area contributed by atoms with Gasteiger partial charge < -0.3 is 15.2 Å². The lowest BCUT2D eigenvalue weighted by molar-refractivity contribution is -0.0176. The molecule has 1 saturated heterocycles. The largest absolute Gasteiger partial charge is 0.385 e. The predicted molar refractivity (Wildman–Crippen MR) is 79.1 cm³/mol. The van der Waals surface area contributed by atoms with Gasteiger partial charge in [0.05, 0.1) is 11.7 Å². The predicted octanol–water partition coefficient (Wildman–Crippen LogP) is 1.78. The quantitative estimate of drug-likeness (QED) is 0.886. The van der Waals surface area contributed by atoms with Crippen molar-refractivity contribution in [1.82, 2.24) is 4.98 Å². The molecule has 0 saturated carbocycles. The van der Waals surface area contributed by atoms with Gasteiger partial charge in [0.25, 0.3) is 0 Å². The third kappa shape index (κ3) is 2.74. The molecule has 1 aromatic rings. The summed E-state index contributed by atoms with van der Waals surface area (Å²) in [5.41, 5.74) is 1.96. The van der Waals surface area contributed by atoms with Crippen LogP contribution in [0.25, 0.3) is 0 Å². The number of fused-ring (bicyclic) bond motifs is 1. The summed E-state index contributed by atoms with van der Waals surface area (Å²) in [5, 5.41) is 23.0. The summed E-state index contributed by atoms with van der Waals surface area (Å²) in [5.74, 6) is 0.589. The monoisotopic (exact) mass is 287 g/mol. The van der Waals surface area contributed by atoms with Gasteiger partial charge in [0.2, 0.25) is 0 Å². The summed E-state index contributed by atoms with van der Waals surface area (Å²) in [6.07, 6.45) is 4.70. The van der Waals surface area contributed by atoms with E-state index in [9.17, 15) is 10.4 Å². The van der Waals surface area contributed by atoms with Gasteiger partial charge >= 0.3 is 0 Å². The second-order valence-electron chi connectivity index (χ2n) is 6.03. The van der Waals surface area contributed by atoms with Gasteiger partial charge in [0, 0.05) is 25.3 Å². The van der Waals surface area contributed by atoms with Crippen LogP contribution >= 0.6 is 0 Å². The number of nitrogens with one attached hydrogen (secondary N) is 1. The van der Waals surface area contributed by atoms with Gasteiger partial charge in [-0.1, -0.05) is 0 Å². The van der Waals surface area contributed by atoms with Crippen LogP contribution in [0.2, 0.25) is 0 Å². The minimum atomic E-state index is -0.885. The molecule has 5 heteroatoms. The lowest BCUT2D eigenvalue weighted by atomic mass is 9.94. The van der Waals surface area contributed by atoms with Crippen molar-refractivity contribution < 1.29 is 9.84 Å². The van der Waals surface area contributed by atoms with Gasteiger partial charge in [-0.2, -0.15) is 5.26 Å². The van der Waals surface area contributed by atoms with E-state index in [-0.39, 0.29) is 6.10 Å². The molecule has 0 radical (unpaired) electrons. The van der Waals surface area contributed by atoms with Crippen molar-refractivity contribution >= 4 is 5.82 Å². The molecule has 1 aromatic heterocycles. The van der Waals surface area contributed by atoms with Gasteiger partial charge in [-0.25, -0.2) is 4.98 Å². The van der Waals surface area contributed by atoms with E-state index in [2.05, 4.69) is 16.4 Å². The summed E-state index contributed by atoms with van der Waals surface area (Å²) in [6.45, 7) is 2.80. The fraction of sp³-hybridized carbons (Fsp3) is 0.625. The van der Waals surface area contributed by atoms with Crippen LogP contribution in [0, 0.1) is 11.3 Å². The zero-order valence-corrected chi connectivity index (χ0v) is 12.4. The molecule has 2 N–H and O–H groups in total. The van der Waals surface area contributed by atoms with E-state index in [1.165, 1.54) is 12.0 Å². The molecular formula is C16H21N3O2. The Balaban J connectivity index is 1.80. The molecule has 21 heavy (non-hydrogen) atoms. The van der Waals surface area contributed by atoms with Crippen molar-refractivity contribution in [1.29, 1.82) is 5.26 Å². The van der Waals surface area contributed by atoms with E-state index in [0.717, 1.165) is 25.0 Å². The molecule has 2 unspecified atom stereocenters. The van der Waals surface area contributed by atoms with Gasteiger partial charge in [-0.3, -0.25) is 0 Å². The van der Waals surface area contributed by atoms with Crippen LogP contribution in [0.5, 0.6) is 0 Å². The SMILES string of the molecule is CC1OCCC1(O)CNc1nc2c(cc1C#N)CCCC2. The molecule has 2 heterocycles. The highest BCUT2D eigenvalue weighted by atomic mass is 16.5. The Morgan fingerprint density at radius 3 is 3.05 bits per heavy atom. The highest BCUT2D eigenvalue weighted by Gasteiger charge is 2.39. The molecule has 1 aliphatic heterocycles. The molecule has 0 spiro atoms. The molecule has 0 bridgehead atoms. The van der Waals surface area contributed by atoms with Crippen molar-refractivity contribution in [3.63, 3.8) is 0 Å². The van der Waals surface area contributed by atoms with E-state index < -0.39 is 5.60 Å². The second-order valence-corrected chi connectivity index (χ2v) is 6.03. The Labute approximate surface area is 125 Å². The minimum Gasteiger partial charge on any atom is -0.385 e. The molecule has 0 amide bonds. The summed E-state index contributed by atoms with van der Waals surface area (Å²) >= 11 is 0. The highest BCUT2D eigenvalue weighted by molar-refractivity contribution is 5.55. The van der Waals surface area contributed by atoms with Crippen molar-refractivity contribution in [2.24, 2.45) is 0 Å². The number of nitrogens with zero attached hydrogens (tertiary/aromatic N) is 2. The first-order valence-electron chi connectivity index (χ1n) is 7.63. The van der Waals surface area contributed by atoms with Crippen LogP contribution in [0.3, 0.4) is 0 Å². The average Bonchev–Trinajstić information content (AvgIpc) is 2.84. The summed E-state index contributed by atoms with van der Waals surface area (Å²) in [7, 11) is 0. The number of aryl methyl sites for hydroxylation is 2. The number of rotatable bonds is 3. The van der Waals surface area contributed by atoms with Crippen molar-refractivity contribution in [2.45, 2.75) is 50.7 Å². The van der Waals surface area contributed by atoms with Gasteiger partial charge in [0.15, 0.2) is 0 Å². The standard InChI is InChI=1S/C16H21N3O2/c1-11-16(20,6-7-21-11)10-18-15-13(9-17)8-12-4-2-3-5-14(12)19-15/h8,11,20H,2-7,10H2,1H3,(H,18,19). The number of hydrogen-bond donors (Lipinski definition) is 2. The molecule has 5 nitrogen and oxygen atoms in total. The Hall–Kier alpha value is -1.64. The van der Waals surface area contributed by atoms with Crippen molar-refractivity contribution in [3.8, 4) is 6.07 Å². The van der Waals surface area contributed by atoms with Crippen LogP contribution in [0.1, 0.15) is 43.0 Å². The third-order valence-electron chi connectivity index (χ3n) is 4.64. The normalized spacial score (nSPS) is 28.0. The lowest BCUT2D eigenvalue weighted by Gasteiger charge is -2.27. The Morgan fingerprint density at radius 2 is 2.33 bits per heavy atom. The second kappa shape index (κ2) is 5.63. The molecule has 3 rings (SSSR count). The summed E-state index contributed by atoms with van der Waals surface area (Å²) in [6, 6.07) is 4.15. The summed E-state index contributed by atoms with van der Waals surface area (Å²) in [4.78, 5) is 4.62. The number of anilines is 1. The molecular weight excluding hydrogens is 266 g/mol. The van der Waals surface area contributed by atoms with Crippen LogP contribution in [-0.4, -0.2) is 34.9 Å². The smallest absolute Gasteiger partial charge is 0.144 e. The van der Waals surface area contributed by atoms with E-state index in [4.69, 9.17) is 4.74 Å². The van der Waals surface area contributed by atoms with E-state index in [0.29, 0.717) is 31.0 Å². The highest BCUT2D eigenvalue weighted by Crippen LogP contribution is 2.28. The molecule has 1 aliphatic carbocycles. The van der Waals surface area contributed by atoms with Gasteiger partial charge in [-0.15, -0.1) is 0 Å². The van der Waals surface area contributed by atoms with Gasteiger partial charge in [0.1, 0.15) is 17.5 Å². The van der Waals surface area contributed by atoms with Crippen molar-refractivity contribution in [2.75, 3.05) is 18.5 Å². The molecule has 2 aliphatic rings. The maximum absolute atomic E-state index is 10.5. The fourth-order valence-electron chi connectivity index (χ4n) is 3.09. The number of hydrogen-bond acceptors (Lipinski definition) is 5. The maximum Gasteiger partial charge on any atom is 0.144 e. The lowest BCUT2D eigenvalue weighted by Crippen LogP contribution is -2.43. The summed E-state index contributed by atoms with van der Waals surface area (Å²) < 4.78 is 5.43. The first kappa shape index (κ1) is 14.3. The zero-order valence-electron chi connectivity index (χ0n) is 12.4. The number of aromatic nitrogens is 1. The number of aliphatic hydroxyl groups is 1. The maximum atomic E-state index is 10.5. The van der Waals surface area contributed by atoms with E-state index in [1.807, 2.05) is 13.0 Å². The number of pyridine rings is 1. The molecule has 112 valence electrons. The van der Waals surface area contributed by atoms with Crippen molar-refractivity contribution in [3.05, 3.63) is 22.9 Å². The molecule has 2 atom stereocenters. The van der Waals surface area contributed by atoms with Crippen LogP contribution in [0.15, 0.2) is 6.07 Å². The van der Waals surface area contributed by atoms with Crippen LogP contribution < -0.4 is 5.32 Å². The Bertz CT molecular complexity index is 582. The average molecular weight is 287 g/mol. The number of ether oxygens (including phenoxy) is 1. The van der Waals surface area contributed by atoms with Gasteiger partial charge in [-0.05, 0) is 44.2 Å².